The van der Waals surface area contributed by atoms with Crippen LogP contribution in [0.1, 0.15) is 41.0 Å². The van der Waals surface area contributed by atoms with Gasteiger partial charge in [-0.1, -0.05) is 32.5 Å². The summed E-state index contributed by atoms with van der Waals surface area (Å²) in [6, 6.07) is 0. The highest BCUT2D eigenvalue weighted by Crippen LogP contribution is 2.45. The van der Waals surface area contributed by atoms with Gasteiger partial charge in [0.05, 0.1) is 23.1 Å². The third-order valence-electron chi connectivity index (χ3n) is 3.69. The molecule has 1 atom stereocenters. The minimum Gasteiger partial charge on any atom is -0.460 e. The zero-order valence-corrected chi connectivity index (χ0v) is 15.3. The Bertz CT molecular complexity index is 552. The summed E-state index contributed by atoms with van der Waals surface area (Å²) in [5, 5.41) is 5.83. The van der Waals surface area contributed by atoms with Gasteiger partial charge in [-0.25, -0.2) is 4.79 Å². The minimum atomic E-state index is -0.239. The molecule has 0 saturated heterocycles. The number of ether oxygens (including phenoxy) is 1. The van der Waals surface area contributed by atoms with Crippen molar-refractivity contribution in [1.29, 1.82) is 0 Å². The fourth-order valence-electron chi connectivity index (χ4n) is 2.61. The zero-order chi connectivity index (χ0) is 17.1. The molecule has 2 aliphatic rings. The van der Waals surface area contributed by atoms with E-state index >= 15 is 0 Å². The molecule has 1 N–H and O–H groups in total. The number of rotatable bonds is 6. The molecule has 6 heteroatoms. The summed E-state index contributed by atoms with van der Waals surface area (Å²) in [5.41, 5.74) is 1.70. The van der Waals surface area contributed by atoms with Crippen LogP contribution in [0, 0.1) is 11.8 Å². The lowest BCUT2D eigenvalue weighted by molar-refractivity contribution is -0.143. The van der Waals surface area contributed by atoms with Crippen LogP contribution in [0.4, 0.5) is 0 Å². The second-order valence-electron chi connectivity index (χ2n) is 6.79. The van der Waals surface area contributed by atoms with Crippen molar-refractivity contribution in [2.24, 2.45) is 11.8 Å². The Hall–Kier alpha value is -1.43. The number of carbonyl (C=O) groups is 2. The van der Waals surface area contributed by atoms with Crippen LogP contribution in [-0.4, -0.2) is 36.0 Å². The van der Waals surface area contributed by atoms with E-state index in [1.807, 2.05) is 26.2 Å². The predicted molar refractivity (Wildman–Crippen MR) is 92.3 cm³/mol. The maximum Gasteiger partial charge on any atom is 0.337 e. The quantitative estimate of drug-likeness (QED) is 0.755. The van der Waals surface area contributed by atoms with Crippen molar-refractivity contribution in [1.82, 2.24) is 10.2 Å². The number of nitrogens with zero attached hydrogens (tertiary/aromatic N) is 1. The van der Waals surface area contributed by atoms with Crippen molar-refractivity contribution < 1.29 is 14.3 Å². The summed E-state index contributed by atoms with van der Waals surface area (Å²) >= 11 is 1.52. The van der Waals surface area contributed by atoms with Gasteiger partial charge >= 0.3 is 5.97 Å². The van der Waals surface area contributed by atoms with E-state index in [1.165, 1.54) is 11.8 Å². The minimum absolute atomic E-state index is 0.0256. The van der Waals surface area contributed by atoms with Crippen molar-refractivity contribution in [3.63, 3.8) is 0 Å². The number of thioether (sulfide) groups is 1. The number of fused-ring (bicyclic) bond motifs is 1. The van der Waals surface area contributed by atoms with E-state index in [9.17, 15) is 9.59 Å². The molecule has 0 spiro atoms. The maximum atomic E-state index is 12.3. The summed E-state index contributed by atoms with van der Waals surface area (Å²) in [7, 11) is 0. The zero-order valence-electron chi connectivity index (χ0n) is 14.5. The SMILES string of the molecule is CC(C)CNC(=O)CC1=CSC2=C(C(=O)OC(C)C)C(C)CN12. The van der Waals surface area contributed by atoms with E-state index in [2.05, 4.69) is 24.1 Å². The predicted octanol–water partition coefficient (Wildman–Crippen LogP) is 2.85. The van der Waals surface area contributed by atoms with Gasteiger partial charge in [-0.05, 0) is 25.2 Å². The Labute approximate surface area is 142 Å². The molecular weight excluding hydrogens is 312 g/mol. The van der Waals surface area contributed by atoms with Crippen LogP contribution in [0.15, 0.2) is 21.7 Å². The average molecular weight is 338 g/mol. The van der Waals surface area contributed by atoms with E-state index in [1.54, 1.807) is 0 Å². The van der Waals surface area contributed by atoms with Crippen LogP contribution in [-0.2, 0) is 14.3 Å². The Morgan fingerprint density at radius 3 is 2.70 bits per heavy atom. The smallest absolute Gasteiger partial charge is 0.337 e. The maximum absolute atomic E-state index is 12.3. The summed E-state index contributed by atoms with van der Waals surface area (Å²) in [5.74, 6) is 0.339. The Morgan fingerprint density at radius 1 is 1.39 bits per heavy atom. The summed E-state index contributed by atoms with van der Waals surface area (Å²) in [4.78, 5) is 26.4. The molecule has 0 bridgehead atoms. The first-order valence-corrected chi connectivity index (χ1v) is 9.02. The number of nitrogens with one attached hydrogen (secondary N) is 1. The van der Waals surface area contributed by atoms with Gasteiger partial charge < -0.3 is 15.0 Å². The molecule has 0 aliphatic carbocycles. The average Bonchev–Trinajstić information content (AvgIpc) is 2.94. The van der Waals surface area contributed by atoms with Crippen LogP contribution in [0.5, 0.6) is 0 Å². The first kappa shape index (κ1) is 17.9. The van der Waals surface area contributed by atoms with Gasteiger partial charge in [-0.15, -0.1) is 0 Å². The van der Waals surface area contributed by atoms with Crippen LogP contribution in [0.2, 0.25) is 0 Å². The molecule has 0 aromatic rings. The van der Waals surface area contributed by atoms with Gasteiger partial charge in [0.2, 0.25) is 5.91 Å². The first-order valence-electron chi connectivity index (χ1n) is 8.14. The van der Waals surface area contributed by atoms with Gasteiger partial charge in [0, 0.05) is 24.7 Å². The molecule has 0 aromatic heterocycles. The standard InChI is InChI=1S/C17H26N2O3S/c1-10(2)7-18-14(20)6-13-9-23-16-15(12(5)8-19(13)16)17(21)22-11(3)4/h9-12H,6-8H2,1-5H3,(H,18,20). The second-order valence-corrected chi connectivity index (χ2v) is 7.64. The van der Waals surface area contributed by atoms with Crippen molar-refractivity contribution in [3.05, 3.63) is 21.7 Å². The van der Waals surface area contributed by atoms with Crippen molar-refractivity contribution >= 4 is 23.6 Å². The van der Waals surface area contributed by atoms with Crippen LogP contribution in [0.3, 0.4) is 0 Å². The van der Waals surface area contributed by atoms with E-state index < -0.39 is 0 Å². The number of esters is 1. The fraction of sp³-hybridized carbons (Fsp3) is 0.647. The summed E-state index contributed by atoms with van der Waals surface area (Å²) in [6.07, 6.45) is 0.222. The highest BCUT2D eigenvalue weighted by atomic mass is 32.2. The van der Waals surface area contributed by atoms with Gasteiger partial charge in [-0.3, -0.25) is 4.79 Å². The fourth-order valence-corrected chi connectivity index (χ4v) is 3.80. The topological polar surface area (TPSA) is 58.6 Å². The molecule has 128 valence electrons. The van der Waals surface area contributed by atoms with Gasteiger partial charge in [-0.2, -0.15) is 0 Å². The molecule has 1 amide bonds. The lowest BCUT2D eigenvalue weighted by Crippen LogP contribution is -2.29. The number of carbonyl (C=O) groups excluding carboxylic acids is 2. The van der Waals surface area contributed by atoms with E-state index in [0.717, 1.165) is 22.8 Å². The van der Waals surface area contributed by atoms with Crippen molar-refractivity contribution in [2.75, 3.05) is 13.1 Å². The molecule has 5 nitrogen and oxygen atoms in total. The number of hydrogen-bond donors (Lipinski definition) is 1. The highest BCUT2D eigenvalue weighted by Gasteiger charge is 2.38. The molecule has 2 rings (SSSR count). The normalized spacial score (nSPS) is 20.2. The van der Waals surface area contributed by atoms with E-state index in [0.29, 0.717) is 18.9 Å². The Morgan fingerprint density at radius 2 is 2.09 bits per heavy atom. The van der Waals surface area contributed by atoms with E-state index in [-0.39, 0.29) is 23.9 Å². The van der Waals surface area contributed by atoms with Crippen LogP contribution >= 0.6 is 11.8 Å². The van der Waals surface area contributed by atoms with Crippen molar-refractivity contribution in [3.8, 4) is 0 Å². The summed E-state index contributed by atoms with van der Waals surface area (Å²) < 4.78 is 5.35. The van der Waals surface area contributed by atoms with Crippen LogP contribution < -0.4 is 5.32 Å². The van der Waals surface area contributed by atoms with Crippen molar-refractivity contribution in [2.45, 2.75) is 47.1 Å². The van der Waals surface area contributed by atoms with Crippen LogP contribution in [0.25, 0.3) is 0 Å². The molecule has 2 heterocycles. The molecule has 0 fully saturated rings. The monoisotopic (exact) mass is 338 g/mol. The molecule has 0 radical (unpaired) electrons. The second kappa shape index (κ2) is 7.43. The number of hydrogen-bond acceptors (Lipinski definition) is 5. The Kier molecular flexibility index (Phi) is 5.79. The largest absolute Gasteiger partial charge is 0.460 e. The third-order valence-corrected chi connectivity index (χ3v) is 4.74. The summed E-state index contributed by atoms with van der Waals surface area (Å²) in [6.45, 7) is 11.3. The third kappa shape index (κ3) is 4.31. The van der Waals surface area contributed by atoms with E-state index in [4.69, 9.17) is 4.74 Å². The number of amides is 1. The van der Waals surface area contributed by atoms with Gasteiger partial charge in [0.15, 0.2) is 0 Å². The lowest BCUT2D eigenvalue weighted by atomic mass is 10.1. The molecule has 1 unspecified atom stereocenters. The van der Waals surface area contributed by atoms with Gasteiger partial charge in [0.1, 0.15) is 0 Å². The molecular formula is C17H26N2O3S. The molecule has 0 saturated carbocycles. The molecule has 2 aliphatic heterocycles. The molecule has 0 aromatic carbocycles. The Balaban J connectivity index is 2.03. The molecule has 23 heavy (non-hydrogen) atoms. The highest BCUT2D eigenvalue weighted by molar-refractivity contribution is 8.06. The first-order chi connectivity index (χ1) is 10.8. The lowest BCUT2D eigenvalue weighted by Gasteiger charge is -2.19. The van der Waals surface area contributed by atoms with Gasteiger partial charge in [0.25, 0.3) is 0 Å².